The highest BCUT2D eigenvalue weighted by Gasteiger charge is 2.43. The number of nitrogens with zero attached hydrogens (tertiary/aromatic N) is 4. The fourth-order valence-corrected chi connectivity index (χ4v) is 2.92. The first kappa shape index (κ1) is 16.6. The molecule has 0 spiro atoms. The van der Waals surface area contributed by atoms with Gasteiger partial charge in [0.1, 0.15) is 12.4 Å². The van der Waals surface area contributed by atoms with Crippen LogP contribution in [0.15, 0.2) is 43.0 Å². The van der Waals surface area contributed by atoms with Gasteiger partial charge in [-0.05, 0) is 19.1 Å². The molecule has 9 heteroatoms. The Labute approximate surface area is 147 Å². The van der Waals surface area contributed by atoms with Crippen LogP contribution >= 0.6 is 0 Å². The molecule has 0 bridgehead atoms. The van der Waals surface area contributed by atoms with Gasteiger partial charge in [0.2, 0.25) is 0 Å². The second-order valence-corrected chi connectivity index (χ2v) is 6.03. The third-order valence-corrected chi connectivity index (χ3v) is 4.33. The molecule has 1 saturated heterocycles. The van der Waals surface area contributed by atoms with Gasteiger partial charge >= 0.3 is 0 Å². The maximum absolute atomic E-state index is 14.3. The van der Waals surface area contributed by atoms with Gasteiger partial charge in [-0.3, -0.25) is 9.36 Å². The van der Waals surface area contributed by atoms with Crippen molar-refractivity contribution in [3.05, 3.63) is 48.5 Å². The van der Waals surface area contributed by atoms with E-state index in [1.54, 1.807) is 31.2 Å². The van der Waals surface area contributed by atoms with Crippen molar-refractivity contribution in [1.82, 2.24) is 19.5 Å². The monoisotopic (exact) mass is 357 g/mol. The summed E-state index contributed by atoms with van der Waals surface area (Å²) in [5.74, 6) is -0.130. The van der Waals surface area contributed by atoms with Crippen LogP contribution in [0, 0.1) is 0 Å². The van der Waals surface area contributed by atoms with Crippen molar-refractivity contribution in [2.24, 2.45) is 0 Å². The fraction of sp³-hybridized carbons (Fsp3) is 0.294. The normalized spacial score (nSPS) is 25.5. The first-order valence-electron chi connectivity index (χ1n) is 8.08. The van der Waals surface area contributed by atoms with Crippen LogP contribution in [-0.2, 0) is 4.74 Å². The Morgan fingerprint density at radius 1 is 1.27 bits per heavy atom. The Morgan fingerprint density at radius 2 is 2.04 bits per heavy atom. The van der Waals surface area contributed by atoms with Gasteiger partial charge < -0.3 is 15.2 Å². The highest BCUT2D eigenvalue weighted by Crippen LogP contribution is 2.33. The van der Waals surface area contributed by atoms with Gasteiger partial charge in [0.15, 0.2) is 29.4 Å². The van der Waals surface area contributed by atoms with Crippen LogP contribution < -0.4 is 5.32 Å². The van der Waals surface area contributed by atoms with E-state index in [4.69, 9.17) is 4.74 Å². The predicted octanol–water partition coefficient (Wildman–Crippen LogP) is 1.69. The molecule has 2 aromatic heterocycles. The van der Waals surface area contributed by atoms with Crippen molar-refractivity contribution in [1.29, 1.82) is 0 Å². The number of aliphatic hydroxyl groups excluding tert-OH is 1. The van der Waals surface area contributed by atoms with Crippen LogP contribution in [0.3, 0.4) is 0 Å². The molecule has 1 aromatic carbocycles. The number of hydrogen-bond acceptors (Lipinski definition) is 6. The quantitative estimate of drug-likeness (QED) is 0.740. The Morgan fingerprint density at radius 3 is 2.73 bits per heavy atom. The minimum Gasteiger partial charge on any atom is -0.387 e. The number of alkyl halides is 1. The van der Waals surface area contributed by atoms with Gasteiger partial charge in [0, 0.05) is 5.56 Å². The topological polar surface area (TPSA) is 102 Å². The second-order valence-electron chi connectivity index (χ2n) is 6.03. The molecule has 3 heterocycles. The number of aliphatic hydroxyl groups is 1. The van der Waals surface area contributed by atoms with Crippen LogP contribution in [0.1, 0.15) is 23.5 Å². The molecule has 134 valence electrons. The third-order valence-electron chi connectivity index (χ3n) is 4.33. The third kappa shape index (κ3) is 2.71. The average molecular weight is 357 g/mol. The Hall–Kier alpha value is -2.91. The summed E-state index contributed by atoms with van der Waals surface area (Å²) < 4.78 is 21.2. The number of halogens is 1. The Balaban J connectivity index is 1.67. The van der Waals surface area contributed by atoms with E-state index in [1.807, 2.05) is 6.07 Å². The van der Waals surface area contributed by atoms with Crippen molar-refractivity contribution >= 4 is 22.9 Å². The number of hydrogen-bond donors (Lipinski definition) is 2. The van der Waals surface area contributed by atoms with Crippen LogP contribution in [0.5, 0.6) is 0 Å². The van der Waals surface area contributed by atoms with Gasteiger partial charge in [0.05, 0.1) is 12.4 Å². The van der Waals surface area contributed by atoms with Gasteiger partial charge in [-0.25, -0.2) is 19.3 Å². The first-order chi connectivity index (χ1) is 12.6. The van der Waals surface area contributed by atoms with Crippen molar-refractivity contribution < 1.29 is 19.0 Å². The molecular formula is C17H16FN5O3. The molecule has 1 aliphatic rings. The summed E-state index contributed by atoms with van der Waals surface area (Å²) >= 11 is 0. The van der Waals surface area contributed by atoms with Crippen LogP contribution in [0.4, 0.5) is 10.2 Å². The number of imidazole rings is 1. The van der Waals surface area contributed by atoms with Gasteiger partial charge in [0.25, 0.3) is 5.91 Å². The summed E-state index contributed by atoms with van der Waals surface area (Å²) in [4.78, 5) is 24.7. The molecule has 26 heavy (non-hydrogen) atoms. The van der Waals surface area contributed by atoms with E-state index in [1.165, 1.54) is 17.2 Å². The first-order valence-corrected chi connectivity index (χ1v) is 8.08. The highest BCUT2D eigenvalue weighted by atomic mass is 19.1. The summed E-state index contributed by atoms with van der Waals surface area (Å²) in [5.41, 5.74) is 1.08. The smallest absolute Gasteiger partial charge is 0.256 e. The Kier molecular flexibility index (Phi) is 4.09. The Bertz CT molecular complexity index is 948. The number of ether oxygens (including phenoxy) is 1. The van der Waals surface area contributed by atoms with Gasteiger partial charge in [-0.2, -0.15) is 0 Å². The van der Waals surface area contributed by atoms with Crippen molar-refractivity contribution in [2.45, 2.75) is 31.5 Å². The summed E-state index contributed by atoms with van der Waals surface area (Å²) in [6.45, 7) is 1.59. The molecule has 1 aliphatic heterocycles. The summed E-state index contributed by atoms with van der Waals surface area (Å²) in [6, 6.07) is 8.67. The van der Waals surface area contributed by atoms with E-state index in [9.17, 15) is 14.3 Å². The van der Waals surface area contributed by atoms with Crippen LogP contribution in [0.2, 0.25) is 0 Å². The van der Waals surface area contributed by atoms with Crippen LogP contribution in [0.25, 0.3) is 11.2 Å². The zero-order valence-electron chi connectivity index (χ0n) is 13.8. The van der Waals surface area contributed by atoms with Gasteiger partial charge in [-0.1, -0.05) is 18.2 Å². The lowest BCUT2D eigenvalue weighted by Gasteiger charge is -2.14. The summed E-state index contributed by atoms with van der Waals surface area (Å²) in [6.07, 6.45) is -1.91. The number of carbonyl (C=O) groups is 1. The number of fused-ring (bicyclic) bond motifs is 1. The largest absolute Gasteiger partial charge is 0.387 e. The van der Waals surface area contributed by atoms with E-state index >= 15 is 0 Å². The number of nitrogens with one attached hydrogen (secondary N) is 1. The molecule has 1 amide bonds. The molecule has 0 aliphatic carbocycles. The minimum absolute atomic E-state index is 0.213. The standard InChI is InChI=1S/C17H16FN5O3/c1-9-13(24)11(18)17(26-9)23-8-21-12-14(19-7-20-15(12)23)22-16(25)10-5-3-2-4-6-10/h2-9,11,13,17,24H,1H3,(H,19,20,22,25)/t9-,11?,13?,17-/m1/s1. The molecule has 2 N–H and O–H groups in total. The SMILES string of the molecule is C[C@H]1O[C@@H](n2cnc3c(NC(=O)c4ccccc4)ncnc32)C(F)C1O. The van der Waals surface area contributed by atoms with Crippen molar-refractivity contribution in [3.63, 3.8) is 0 Å². The number of aromatic nitrogens is 4. The van der Waals surface area contributed by atoms with Gasteiger partial charge in [-0.15, -0.1) is 0 Å². The molecule has 0 saturated carbocycles. The van der Waals surface area contributed by atoms with E-state index in [0.29, 0.717) is 16.7 Å². The summed E-state index contributed by atoms with van der Waals surface area (Å²) in [7, 11) is 0. The van der Waals surface area contributed by atoms with Crippen LogP contribution in [-0.4, -0.2) is 48.9 Å². The molecule has 1 fully saturated rings. The molecule has 3 aromatic rings. The van der Waals surface area contributed by atoms with E-state index < -0.39 is 24.6 Å². The lowest BCUT2D eigenvalue weighted by Crippen LogP contribution is -2.26. The fourth-order valence-electron chi connectivity index (χ4n) is 2.92. The number of amides is 1. The highest BCUT2D eigenvalue weighted by molar-refractivity contribution is 6.06. The lowest BCUT2D eigenvalue weighted by atomic mass is 10.2. The zero-order valence-corrected chi connectivity index (χ0v) is 13.8. The maximum atomic E-state index is 14.3. The van der Waals surface area contributed by atoms with E-state index in [0.717, 1.165) is 0 Å². The van der Waals surface area contributed by atoms with Crippen molar-refractivity contribution in [3.8, 4) is 0 Å². The van der Waals surface area contributed by atoms with E-state index in [-0.39, 0.29) is 11.7 Å². The number of anilines is 1. The molecule has 0 radical (unpaired) electrons. The maximum Gasteiger partial charge on any atom is 0.256 e. The lowest BCUT2D eigenvalue weighted by molar-refractivity contribution is -0.0137. The molecule has 8 nitrogen and oxygen atoms in total. The number of benzene rings is 1. The minimum atomic E-state index is -1.61. The average Bonchev–Trinajstić information content (AvgIpc) is 3.20. The summed E-state index contributed by atoms with van der Waals surface area (Å²) in [5, 5.41) is 12.5. The second kappa shape index (κ2) is 6.43. The molecule has 4 atom stereocenters. The van der Waals surface area contributed by atoms with Crippen molar-refractivity contribution in [2.75, 3.05) is 5.32 Å². The number of carbonyl (C=O) groups excluding carboxylic acids is 1. The molecular weight excluding hydrogens is 341 g/mol. The van der Waals surface area contributed by atoms with E-state index in [2.05, 4.69) is 20.3 Å². The number of rotatable bonds is 3. The predicted molar refractivity (Wildman–Crippen MR) is 90.2 cm³/mol. The zero-order chi connectivity index (χ0) is 18.3. The molecule has 4 rings (SSSR count). The molecule has 2 unspecified atom stereocenters.